The van der Waals surface area contributed by atoms with E-state index < -0.39 is 10.0 Å². The largest absolute Gasteiger partial charge is 0.356 e. The summed E-state index contributed by atoms with van der Waals surface area (Å²) < 4.78 is 37.7. The molecule has 6 nitrogen and oxygen atoms in total. The summed E-state index contributed by atoms with van der Waals surface area (Å²) >= 11 is 0. The molecule has 0 heterocycles. The highest BCUT2D eigenvalue weighted by atomic mass is 127. The number of guanidine groups is 1. The molecule has 0 aliphatic carbocycles. The van der Waals surface area contributed by atoms with Crippen LogP contribution in [0.5, 0.6) is 0 Å². The quantitative estimate of drug-likeness (QED) is 0.243. The number of nitrogens with zero attached hydrogens (tertiary/aromatic N) is 1. The zero-order chi connectivity index (χ0) is 17.5. The molecule has 0 unspecified atom stereocenters. The molecule has 0 amide bonds. The maximum absolute atomic E-state index is 13.4. The van der Waals surface area contributed by atoms with Gasteiger partial charge in [-0.25, -0.2) is 17.5 Å². The molecule has 0 radical (unpaired) electrons. The zero-order valence-corrected chi connectivity index (χ0v) is 17.5. The molecular formula is C15H26FIN4O2S. The Morgan fingerprint density at radius 2 is 1.92 bits per heavy atom. The van der Waals surface area contributed by atoms with Crippen LogP contribution < -0.4 is 15.4 Å². The van der Waals surface area contributed by atoms with Gasteiger partial charge in [-0.05, 0) is 17.7 Å². The standard InChI is InChI=1S/C15H25FN4O2S.HI/c1-15(2,12-6-5-7-13(16)10-12)11-19-14(17-3)18-8-9-20-23(4,21)22;/h5-7,10,20H,8-9,11H2,1-4H3,(H2,17,18,19);1H. The average molecular weight is 472 g/mol. The number of aliphatic imine (C=N–C) groups is 1. The third-order valence-corrected chi connectivity index (χ3v) is 4.04. The number of hydrogen-bond donors (Lipinski definition) is 3. The smallest absolute Gasteiger partial charge is 0.208 e. The number of benzene rings is 1. The van der Waals surface area contributed by atoms with Gasteiger partial charge in [0.05, 0.1) is 6.26 Å². The van der Waals surface area contributed by atoms with Gasteiger partial charge < -0.3 is 10.6 Å². The molecule has 1 aromatic carbocycles. The van der Waals surface area contributed by atoms with Crippen molar-refractivity contribution in [1.29, 1.82) is 0 Å². The highest BCUT2D eigenvalue weighted by molar-refractivity contribution is 14.0. The molecule has 0 aliphatic heterocycles. The van der Waals surface area contributed by atoms with E-state index in [4.69, 9.17) is 0 Å². The third-order valence-electron chi connectivity index (χ3n) is 3.31. The molecular weight excluding hydrogens is 446 g/mol. The number of rotatable bonds is 7. The minimum atomic E-state index is -3.19. The first-order chi connectivity index (χ1) is 10.6. The number of halogens is 2. The Hall–Kier alpha value is -0.940. The van der Waals surface area contributed by atoms with Crippen LogP contribution in [0.1, 0.15) is 19.4 Å². The Kier molecular flexibility index (Phi) is 9.74. The summed E-state index contributed by atoms with van der Waals surface area (Å²) in [6.45, 7) is 5.25. The number of hydrogen-bond acceptors (Lipinski definition) is 3. The van der Waals surface area contributed by atoms with Crippen molar-refractivity contribution < 1.29 is 12.8 Å². The highest BCUT2D eigenvalue weighted by Crippen LogP contribution is 2.22. The van der Waals surface area contributed by atoms with Crippen molar-refractivity contribution in [3.8, 4) is 0 Å². The van der Waals surface area contributed by atoms with Crippen LogP contribution in [0.2, 0.25) is 0 Å². The van der Waals surface area contributed by atoms with Gasteiger partial charge in [0, 0.05) is 32.1 Å². The van der Waals surface area contributed by atoms with Gasteiger partial charge in [0.2, 0.25) is 10.0 Å². The molecule has 0 saturated heterocycles. The van der Waals surface area contributed by atoms with Gasteiger partial charge in [-0.15, -0.1) is 24.0 Å². The van der Waals surface area contributed by atoms with Crippen LogP contribution in [0.4, 0.5) is 4.39 Å². The van der Waals surface area contributed by atoms with Crippen LogP contribution in [-0.4, -0.2) is 47.3 Å². The van der Waals surface area contributed by atoms with Gasteiger partial charge in [0.25, 0.3) is 0 Å². The van der Waals surface area contributed by atoms with Crippen molar-refractivity contribution in [2.45, 2.75) is 19.3 Å². The van der Waals surface area contributed by atoms with Crippen molar-refractivity contribution in [1.82, 2.24) is 15.4 Å². The second-order valence-corrected chi connectivity index (χ2v) is 7.75. The Morgan fingerprint density at radius 3 is 2.46 bits per heavy atom. The zero-order valence-electron chi connectivity index (χ0n) is 14.4. The van der Waals surface area contributed by atoms with Crippen molar-refractivity contribution in [3.05, 3.63) is 35.6 Å². The van der Waals surface area contributed by atoms with Crippen LogP contribution in [0.15, 0.2) is 29.3 Å². The Balaban J connectivity index is 0.00000529. The van der Waals surface area contributed by atoms with E-state index in [9.17, 15) is 12.8 Å². The van der Waals surface area contributed by atoms with Crippen LogP contribution in [-0.2, 0) is 15.4 Å². The molecule has 24 heavy (non-hydrogen) atoms. The van der Waals surface area contributed by atoms with Gasteiger partial charge in [-0.3, -0.25) is 4.99 Å². The van der Waals surface area contributed by atoms with E-state index in [2.05, 4.69) is 20.3 Å². The lowest BCUT2D eigenvalue weighted by atomic mass is 9.84. The monoisotopic (exact) mass is 472 g/mol. The Morgan fingerprint density at radius 1 is 1.25 bits per heavy atom. The van der Waals surface area contributed by atoms with E-state index in [0.29, 0.717) is 19.0 Å². The molecule has 0 atom stereocenters. The molecule has 3 N–H and O–H groups in total. The Labute approximate surface area is 160 Å². The van der Waals surface area contributed by atoms with E-state index >= 15 is 0 Å². The van der Waals surface area contributed by atoms with E-state index in [1.807, 2.05) is 19.9 Å². The fraction of sp³-hybridized carbons (Fsp3) is 0.533. The fourth-order valence-corrected chi connectivity index (χ4v) is 2.43. The lowest BCUT2D eigenvalue weighted by molar-refractivity contribution is 0.503. The summed E-state index contributed by atoms with van der Waals surface area (Å²) in [7, 11) is -1.56. The molecule has 0 bridgehead atoms. The van der Waals surface area contributed by atoms with Crippen LogP contribution in [0, 0.1) is 5.82 Å². The minimum absolute atomic E-state index is 0. The van der Waals surface area contributed by atoms with Crippen LogP contribution in [0.3, 0.4) is 0 Å². The fourth-order valence-electron chi connectivity index (χ4n) is 1.95. The van der Waals surface area contributed by atoms with E-state index in [-0.39, 0.29) is 41.8 Å². The SMILES string of the molecule is CN=C(NCCNS(C)(=O)=O)NCC(C)(C)c1cccc(F)c1.I. The first-order valence-electron chi connectivity index (χ1n) is 7.29. The summed E-state index contributed by atoms with van der Waals surface area (Å²) in [6.07, 6.45) is 1.11. The normalized spacial score (nSPS) is 12.5. The summed E-state index contributed by atoms with van der Waals surface area (Å²) in [5, 5.41) is 6.18. The van der Waals surface area contributed by atoms with Crippen molar-refractivity contribution in [3.63, 3.8) is 0 Å². The lowest BCUT2D eigenvalue weighted by Crippen LogP contribution is -2.45. The third kappa shape index (κ3) is 8.78. The van der Waals surface area contributed by atoms with Gasteiger partial charge in [-0.2, -0.15) is 0 Å². The first-order valence-corrected chi connectivity index (χ1v) is 9.18. The second-order valence-electron chi connectivity index (χ2n) is 5.91. The number of nitrogens with one attached hydrogen (secondary N) is 3. The predicted octanol–water partition coefficient (Wildman–Crippen LogP) is 1.44. The molecule has 138 valence electrons. The Bertz CT molecular complexity index is 651. The first kappa shape index (κ1) is 23.1. The molecule has 9 heteroatoms. The molecule has 1 aromatic rings. The number of sulfonamides is 1. The lowest BCUT2D eigenvalue weighted by Gasteiger charge is -2.26. The van der Waals surface area contributed by atoms with Gasteiger partial charge in [0.15, 0.2) is 5.96 Å². The van der Waals surface area contributed by atoms with Gasteiger partial charge in [-0.1, -0.05) is 26.0 Å². The van der Waals surface area contributed by atoms with E-state index in [1.54, 1.807) is 13.1 Å². The highest BCUT2D eigenvalue weighted by Gasteiger charge is 2.21. The molecule has 0 aromatic heterocycles. The van der Waals surface area contributed by atoms with E-state index in [1.165, 1.54) is 12.1 Å². The summed E-state index contributed by atoms with van der Waals surface area (Å²) in [5.41, 5.74) is 0.601. The van der Waals surface area contributed by atoms with Crippen molar-refractivity contribution >= 4 is 40.0 Å². The molecule has 0 fully saturated rings. The maximum atomic E-state index is 13.4. The van der Waals surface area contributed by atoms with Crippen molar-refractivity contribution in [2.75, 3.05) is 32.9 Å². The molecule has 0 saturated carbocycles. The summed E-state index contributed by atoms with van der Waals surface area (Å²) in [6, 6.07) is 6.52. The van der Waals surface area contributed by atoms with Crippen LogP contribution in [0.25, 0.3) is 0 Å². The van der Waals surface area contributed by atoms with Crippen molar-refractivity contribution in [2.24, 2.45) is 4.99 Å². The summed E-state index contributed by atoms with van der Waals surface area (Å²) in [4.78, 5) is 4.08. The average Bonchev–Trinajstić information content (AvgIpc) is 2.45. The molecule has 0 spiro atoms. The maximum Gasteiger partial charge on any atom is 0.208 e. The molecule has 0 aliphatic rings. The topological polar surface area (TPSA) is 82.6 Å². The minimum Gasteiger partial charge on any atom is -0.356 e. The van der Waals surface area contributed by atoms with Crippen LogP contribution >= 0.6 is 24.0 Å². The van der Waals surface area contributed by atoms with Gasteiger partial charge >= 0.3 is 0 Å². The second kappa shape index (κ2) is 10.1. The predicted molar refractivity (Wildman–Crippen MR) is 107 cm³/mol. The van der Waals surface area contributed by atoms with Gasteiger partial charge in [0.1, 0.15) is 5.82 Å². The molecule has 1 rings (SSSR count). The van der Waals surface area contributed by atoms with E-state index in [0.717, 1.165) is 11.8 Å². The summed E-state index contributed by atoms with van der Waals surface area (Å²) in [5.74, 6) is 0.301.